The predicted molar refractivity (Wildman–Crippen MR) is 68.9 cm³/mol. The highest BCUT2D eigenvalue weighted by atomic mass is 32.2. The molecular formula is C12H11FN2O3S. The molecule has 0 radical (unpaired) electrons. The first-order valence-corrected chi connectivity index (χ1v) is 6.83. The van der Waals surface area contributed by atoms with Crippen LogP contribution in [-0.4, -0.2) is 13.0 Å². The van der Waals surface area contributed by atoms with Gasteiger partial charge in [-0.25, -0.2) is 12.8 Å². The Hall–Kier alpha value is -2.15. The molecule has 1 aromatic heterocycles. The molecule has 5 nitrogen and oxygen atoms in total. The second kappa shape index (κ2) is 4.85. The van der Waals surface area contributed by atoms with Crippen molar-refractivity contribution in [3.63, 3.8) is 0 Å². The van der Waals surface area contributed by atoms with Crippen LogP contribution in [0.1, 0.15) is 0 Å². The largest absolute Gasteiger partial charge is 0.317 e. The highest BCUT2D eigenvalue weighted by molar-refractivity contribution is 7.92. The van der Waals surface area contributed by atoms with Crippen LogP contribution in [0.2, 0.25) is 0 Å². The quantitative estimate of drug-likeness (QED) is 0.923. The van der Waals surface area contributed by atoms with Gasteiger partial charge in [-0.1, -0.05) is 12.1 Å². The van der Waals surface area contributed by atoms with Gasteiger partial charge in [-0.05, 0) is 24.3 Å². The number of anilines is 1. The minimum absolute atomic E-state index is 0.131. The van der Waals surface area contributed by atoms with Crippen LogP contribution in [0.5, 0.6) is 0 Å². The van der Waals surface area contributed by atoms with Gasteiger partial charge in [-0.15, -0.1) is 0 Å². The van der Waals surface area contributed by atoms with Crippen LogP contribution < -0.4 is 10.3 Å². The van der Waals surface area contributed by atoms with Crippen molar-refractivity contribution in [1.29, 1.82) is 0 Å². The van der Waals surface area contributed by atoms with E-state index in [0.717, 1.165) is 12.1 Å². The molecule has 7 heteroatoms. The molecule has 2 rings (SSSR count). The SMILES string of the molecule is Cn1cccc(NS(=O)(=O)c2ccccc2F)c1=O. The van der Waals surface area contributed by atoms with Crippen molar-refractivity contribution in [2.24, 2.45) is 7.05 Å². The predicted octanol–water partition coefficient (Wildman–Crippen LogP) is 1.33. The number of aryl methyl sites for hydroxylation is 1. The van der Waals surface area contributed by atoms with E-state index in [1.807, 2.05) is 0 Å². The maximum Gasteiger partial charge on any atom is 0.274 e. The first kappa shape index (κ1) is 13.3. The molecule has 0 saturated carbocycles. The first-order chi connectivity index (χ1) is 8.92. The average Bonchev–Trinajstić information content (AvgIpc) is 2.35. The van der Waals surface area contributed by atoms with Gasteiger partial charge in [-0.3, -0.25) is 9.52 Å². The maximum atomic E-state index is 13.5. The fourth-order valence-electron chi connectivity index (χ4n) is 1.54. The molecule has 100 valence electrons. The van der Waals surface area contributed by atoms with E-state index in [1.165, 1.54) is 42.1 Å². The van der Waals surface area contributed by atoms with Gasteiger partial charge in [-0.2, -0.15) is 0 Å². The molecule has 0 bridgehead atoms. The second-order valence-electron chi connectivity index (χ2n) is 3.87. The first-order valence-electron chi connectivity index (χ1n) is 5.35. The molecule has 0 amide bonds. The zero-order valence-corrected chi connectivity index (χ0v) is 10.8. The number of aromatic nitrogens is 1. The lowest BCUT2D eigenvalue weighted by atomic mass is 10.4. The summed E-state index contributed by atoms with van der Waals surface area (Å²) in [4.78, 5) is 11.2. The third-order valence-corrected chi connectivity index (χ3v) is 3.89. The van der Waals surface area contributed by atoms with Crippen LogP contribution in [0.15, 0.2) is 52.3 Å². The van der Waals surface area contributed by atoms with Crippen molar-refractivity contribution in [3.8, 4) is 0 Å². The lowest BCUT2D eigenvalue weighted by Gasteiger charge is -2.08. The van der Waals surface area contributed by atoms with Crippen molar-refractivity contribution in [2.45, 2.75) is 4.90 Å². The number of halogens is 1. The summed E-state index contributed by atoms with van der Waals surface area (Å²) in [5, 5.41) is 0. The Morgan fingerprint density at radius 1 is 1.16 bits per heavy atom. The van der Waals surface area contributed by atoms with E-state index in [0.29, 0.717) is 0 Å². The summed E-state index contributed by atoms with van der Waals surface area (Å²) in [5.74, 6) is -0.872. The van der Waals surface area contributed by atoms with Crippen molar-refractivity contribution >= 4 is 15.7 Å². The number of pyridine rings is 1. The molecule has 2 aromatic rings. The smallest absolute Gasteiger partial charge is 0.274 e. The zero-order chi connectivity index (χ0) is 14.0. The Morgan fingerprint density at radius 3 is 2.53 bits per heavy atom. The molecular weight excluding hydrogens is 271 g/mol. The maximum absolute atomic E-state index is 13.5. The van der Waals surface area contributed by atoms with Crippen molar-refractivity contribution in [2.75, 3.05) is 4.72 Å². The molecule has 1 N–H and O–H groups in total. The number of nitrogens with zero attached hydrogens (tertiary/aromatic N) is 1. The number of rotatable bonds is 3. The molecule has 0 atom stereocenters. The lowest BCUT2D eigenvalue weighted by molar-refractivity contribution is 0.570. The van der Waals surface area contributed by atoms with Crippen LogP contribution in [0, 0.1) is 5.82 Å². The summed E-state index contributed by atoms with van der Waals surface area (Å²) in [7, 11) is -2.63. The molecule has 0 aliphatic rings. The summed E-state index contributed by atoms with van der Waals surface area (Å²) >= 11 is 0. The minimum Gasteiger partial charge on any atom is -0.317 e. The van der Waals surface area contributed by atoms with Gasteiger partial charge in [0, 0.05) is 13.2 Å². The Bertz CT molecular complexity index is 769. The van der Waals surface area contributed by atoms with Crippen LogP contribution in [0.4, 0.5) is 10.1 Å². The molecule has 1 heterocycles. The Balaban J connectivity index is 2.46. The summed E-state index contributed by atoms with van der Waals surface area (Å²) in [6.45, 7) is 0. The Labute approximate surface area is 109 Å². The number of benzene rings is 1. The molecule has 0 aliphatic heterocycles. The van der Waals surface area contributed by atoms with Gasteiger partial charge < -0.3 is 4.57 Å². The van der Waals surface area contributed by atoms with Gasteiger partial charge in [0.2, 0.25) is 0 Å². The van der Waals surface area contributed by atoms with E-state index in [2.05, 4.69) is 4.72 Å². The topological polar surface area (TPSA) is 68.2 Å². The van der Waals surface area contributed by atoms with Gasteiger partial charge >= 0.3 is 0 Å². The lowest BCUT2D eigenvalue weighted by Crippen LogP contribution is -2.24. The standard InChI is InChI=1S/C12H11FN2O3S/c1-15-8-4-6-10(12(15)16)14-19(17,18)11-7-3-2-5-9(11)13/h2-8,14H,1H3. The molecule has 0 unspecified atom stereocenters. The van der Waals surface area contributed by atoms with Gasteiger partial charge in [0.1, 0.15) is 16.4 Å². The fraction of sp³-hybridized carbons (Fsp3) is 0.0833. The molecule has 0 spiro atoms. The number of nitrogens with one attached hydrogen (secondary N) is 1. The molecule has 1 aromatic carbocycles. The second-order valence-corrected chi connectivity index (χ2v) is 5.52. The third-order valence-electron chi connectivity index (χ3n) is 2.49. The number of hydrogen-bond donors (Lipinski definition) is 1. The van der Waals surface area contributed by atoms with Crippen molar-refractivity contribution in [1.82, 2.24) is 4.57 Å². The fourth-order valence-corrected chi connectivity index (χ4v) is 2.67. The van der Waals surface area contributed by atoms with Crippen LogP contribution in [-0.2, 0) is 17.1 Å². The Kier molecular flexibility index (Phi) is 3.39. The van der Waals surface area contributed by atoms with Crippen molar-refractivity contribution < 1.29 is 12.8 Å². The summed E-state index contributed by atoms with van der Waals surface area (Å²) in [6, 6.07) is 7.79. The van der Waals surface area contributed by atoms with E-state index in [-0.39, 0.29) is 5.69 Å². The van der Waals surface area contributed by atoms with Crippen LogP contribution in [0.25, 0.3) is 0 Å². The Morgan fingerprint density at radius 2 is 1.84 bits per heavy atom. The van der Waals surface area contributed by atoms with E-state index in [9.17, 15) is 17.6 Å². The summed E-state index contributed by atoms with van der Waals surface area (Å²) < 4.78 is 40.7. The van der Waals surface area contributed by atoms with Gasteiger partial charge in [0.15, 0.2) is 0 Å². The number of hydrogen-bond acceptors (Lipinski definition) is 3. The third kappa shape index (κ3) is 2.65. The summed E-state index contributed by atoms with van der Waals surface area (Å²) in [6.07, 6.45) is 1.49. The molecule has 0 aliphatic carbocycles. The van der Waals surface area contributed by atoms with Crippen molar-refractivity contribution in [3.05, 3.63) is 58.8 Å². The monoisotopic (exact) mass is 282 g/mol. The normalized spacial score (nSPS) is 11.3. The van der Waals surface area contributed by atoms with Crippen LogP contribution in [0.3, 0.4) is 0 Å². The zero-order valence-electron chi connectivity index (χ0n) is 10.00. The van der Waals surface area contributed by atoms with E-state index >= 15 is 0 Å². The minimum atomic E-state index is -4.12. The average molecular weight is 282 g/mol. The highest BCUT2D eigenvalue weighted by Gasteiger charge is 2.19. The summed E-state index contributed by atoms with van der Waals surface area (Å²) in [5.41, 5.74) is -0.643. The number of sulfonamides is 1. The van der Waals surface area contributed by atoms with E-state index < -0.39 is 26.3 Å². The van der Waals surface area contributed by atoms with Crippen LogP contribution >= 0.6 is 0 Å². The van der Waals surface area contributed by atoms with E-state index in [1.54, 1.807) is 0 Å². The molecule has 19 heavy (non-hydrogen) atoms. The van der Waals surface area contributed by atoms with Gasteiger partial charge in [0.05, 0.1) is 0 Å². The molecule has 0 fully saturated rings. The van der Waals surface area contributed by atoms with E-state index in [4.69, 9.17) is 0 Å². The molecule has 0 saturated heterocycles. The van der Waals surface area contributed by atoms with Gasteiger partial charge in [0.25, 0.3) is 15.6 Å². The highest BCUT2D eigenvalue weighted by Crippen LogP contribution is 2.16.